The van der Waals surface area contributed by atoms with Gasteiger partial charge in [0.2, 0.25) is 35.4 Å². The van der Waals surface area contributed by atoms with Crippen LogP contribution < -0.4 is 39.7 Å². The number of aliphatic imine (C=N–C) groups is 3. The van der Waals surface area contributed by atoms with Crippen molar-refractivity contribution in [2.45, 2.75) is 138 Å². The molecule has 63 heavy (non-hydrogen) atoms. The van der Waals surface area contributed by atoms with Gasteiger partial charge < -0.3 is 44.8 Å². The highest BCUT2D eigenvalue weighted by molar-refractivity contribution is 6.10. The highest BCUT2D eigenvalue weighted by atomic mass is 16.4. The van der Waals surface area contributed by atoms with Gasteiger partial charge in [-0.2, -0.15) is 0 Å². The van der Waals surface area contributed by atoms with Crippen LogP contribution in [-0.4, -0.2) is 75.2 Å². The first-order valence-corrected chi connectivity index (χ1v) is 21.6. The van der Waals surface area contributed by atoms with Gasteiger partial charge in [0.15, 0.2) is 0 Å². The van der Waals surface area contributed by atoms with E-state index in [2.05, 4.69) is 5.32 Å². The molecule has 1 fully saturated rings. The van der Waals surface area contributed by atoms with Crippen molar-refractivity contribution in [2.24, 2.45) is 94.7 Å². The Labute approximate surface area is 368 Å². The number of fused-ring (bicyclic) bond motifs is 6. The molecular weight excluding hydrogens is 809 g/mol. The average molecular weight is 875 g/mol. The predicted octanol–water partition coefficient (Wildman–Crippen LogP) is 2.32. The number of carboxylic acid groups (broad SMARTS) is 1. The van der Waals surface area contributed by atoms with E-state index >= 15 is 0 Å². The molecule has 0 aromatic carbocycles. The first kappa shape index (κ1) is 48.4. The Morgan fingerprint density at radius 3 is 1.73 bits per heavy atom. The molecular formula is C45H66N10O8. The minimum absolute atomic E-state index is 0.0237. The van der Waals surface area contributed by atoms with Gasteiger partial charge in [-0.25, -0.2) is 0 Å². The number of primary amides is 6. The van der Waals surface area contributed by atoms with E-state index in [1.54, 1.807) is 0 Å². The van der Waals surface area contributed by atoms with Gasteiger partial charge in [-0.1, -0.05) is 34.6 Å². The van der Waals surface area contributed by atoms with Crippen LogP contribution in [-0.2, 0) is 33.6 Å². The first-order chi connectivity index (χ1) is 29.0. The fourth-order valence-corrected chi connectivity index (χ4v) is 11.9. The quantitative estimate of drug-likeness (QED) is 0.100. The first-order valence-electron chi connectivity index (χ1n) is 21.6. The van der Waals surface area contributed by atoms with Crippen molar-refractivity contribution < 1.29 is 38.7 Å². The number of nitrogens with zero attached hydrogens (tertiary/aromatic N) is 3. The molecule has 0 aromatic rings. The van der Waals surface area contributed by atoms with Gasteiger partial charge >= 0.3 is 5.97 Å². The largest absolute Gasteiger partial charge is 0.481 e. The molecule has 5 aliphatic heterocycles. The summed E-state index contributed by atoms with van der Waals surface area (Å²) in [5, 5.41) is 13.8. The Hall–Kier alpha value is -5.68. The summed E-state index contributed by atoms with van der Waals surface area (Å²) < 4.78 is 0. The average Bonchev–Trinajstić information content (AvgIpc) is 3.75. The number of carboxylic acids is 1. The summed E-state index contributed by atoms with van der Waals surface area (Å²) in [6, 6.07) is -0.928. The summed E-state index contributed by atoms with van der Waals surface area (Å²) in [5.74, 6) is -7.06. The zero-order chi connectivity index (χ0) is 47.4. The summed E-state index contributed by atoms with van der Waals surface area (Å²) in [6.07, 6.45) is 1.58. The molecule has 9 atom stereocenters. The summed E-state index contributed by atoms with van der Waals surface area (Å²) in [5.41, 5.74) is 34.4. The van der Waals surface area contributed by atoms with E-state index in [0.29, 0.717) is 51.8 Å². The number of carbonyl (C=O) groups is 7. The lowest BCUT2D eigenvalue weighted by atomic mass is 9.55. The molecule has 8 bridgehead atoms. The molecule has 6 amide bonds. The van der Waals surface area contributed by atoms with Crippen molar-refractivity contribution in [3.8, 4) is 0 Å². The SMILES string of the molecule is CC1=C2N=C(C=C3NC(=C(C)C4=N[C@@](C)([C@@H]5N=C1[C@](C)(CCC(=O)O)[C@H]5CC(N)=O)[C@@](C)(CC(N)=O)[C@@H]4CCC(N)=O)[C@@](C)(CC(N)=O)[C@@H]3CCC(N)=O)C(C)(C)[C@@H]2CCC(N)=O. The van der Waals surface area contributed by atoms with E-state index in [0.717, 1.165) is 0 Å². The fourth-order valence-electron chi connectivity index (χ4n) is 11.9. The Balaban J connectivity index is 2.03. The molecule has 14 N–H and O–H groups in total. The van der Waals surface area contributed by atoms with E-state index < -0.39 is 98.3 Å². The zero-order valence-electron chi connectivity index (χ0n) is 37.9. The van der Waals surface area contributed by atoms with Gasteiger partial charge in [0.05, 0.1) is 11.6 Å². The van der Waals surface area contributed by atoms with Crippen molar-refractivity contribution in [3.05, 3.63) is 34.3 Å². The highest BCUT2D eigenvalue weighted by Crippen LogP contribution is 2.62. The van der Waals surface area contributed by atoms with Crippen LogP contribution in [0.15, 0.2) is 49.3 Å². The van der Waals surface area contributed by atoms with Crippen molar-refractivity contribution in [1.29, 1.82) is 0 Å². The van der Waals surface area contributed by atoms with E-state index in [-0.39, 0.29) is 64.2 Å². The van der Waals surface area contributed by atoms with Crippen LogP contribution in [0.3, 0.4) is 0 Å². The van der Waals surface area contributed by atoms with Crippen LogP contribution in [0.25, 0.3) is 0 Å². The second kappa shape index (κ2) is 17.1. The number of hydrogen-bond acceptors (Lipinski definition) is 11. The zero-order valence-corrected chi connectivity index (χ0v) is 37.9. The lowest BCUT2D eigenvalue weighted by Gasteiger charge is -2.48. The molecule has 0 radical (unpaired) electrons. The standard InChI is InChI=1S/C45H66N10O8/c1-21-36-24(10-13-30(47)57)41(3,4)28(53-36)18-27-23(9-12-29(46)56)43(6,19-33(50)60)39(52-27)22(2)37-25(11-14-31(48)58)44(7,20-34(51)61)45(8,55-37)40-26(17-32(49)59)42(5,38(21)54-40)16-15-35(62)63/h18,23-26,40,52H,9-17,19-20H2,1-8H3,(H2,46,56)(H2,47,57)(H2,48,58)(H2,49,59)(H2,50,60)(H2,51,61)(H,62,63)/t23-,24-,25-,26+,40-,42-,43+,44+,45+/m1/s1. The predicted molar refractivity (Wildman–Crippen MR) is 237 cm³/mol. The van der Waals surface area contributed by atoms with Gasteiger partial charge in [0, 0.05) is 125 Å². The maximum atomic E-state index is 13.4. The molecule has 0 spiro atoms. The fraction of sp³-hybridized carbons (Fsp3) is 0.644. The molecule has 0 saturated carbocycles. The molecule has 0 aliphatic carbocycles. The van der Waals surface area contributed by atoms with Crippen LogP contribution in [0.5, 0.6) is 0 Å². The van der Waals surface area contributed by atoms with Crippen LogP contribution in [0.4, 0.5) is 0 Å². The molecule has 5 rings (SSSR count). The smallest absolute Gasteiger partial charge is 0.303 e. The van der Waals surface area contributed by atoms with E-state index in [1.165, 1.54) is 0 Å². The third-order valence-corrected chi connectivity index (χ3v) is 15.5. The topological polar surface area (TPSA) is 345 Å². The number of rotatable bonds is 18. The third-order valence-electron chi connectivity index (χ3n) is 15.5. The molecule has 344 valence electrons. The maximum absolute atomic E-state index is 13.4. The summed E-state index contributed by atoms with van der Waals surface area (Å²) >= 11 is 0. The number of carbonyl (C=O) groups excluding carboxylic acids is 6. The molecule has 0 unspecified atom stereocenters. The van der Waals surface area contributed by atoms with Gasteiger partial charge in [0.25, 0.3) is 0 Å². The van der Waals surface area contributed by atoms with E-state index in [4.69, 9.17) is 49.4 Å². The number of amides is 6. The number of allylic oxidation sites excluding steroid dienone is 6. The summed E-state index contributed by atoms with van der Waals surface area (Å²) in [7, 11) is 0. The van der Waals surface area contributed by atoms with Crippen LogP contribution >= 0.6 is 0 Å². The van der Waals surface area contributed by atoms with Crippen molar-refractivity contribution in [1.82, 2.24) is 5.32 Å². The summed E-state index contributed by atoms with van der Waals surface area (Å²) in [4.78, 5) is 106. The van der Waals surface area contributed by atoms with Gasteiger partial charge in [-0.05, 0) is 63.7 Å². The summed E-state index contributed by atoms with van der Waals surface area (Å²) in [6.45, 7) is 15.1. The Bertz CT molecular complexity index is 2220. The lowest BCUT2D eigenvalue weighted by molar-refractivity contribution is -0.137. The van der Waals surface area contributed by atoms with Gasteiger partial charge in [-0.3, -0.25) is 48.5 Å². The van der Waals surface area contributed by atoms with Crippen molar-refractivity contribution in [3.63, 3.8) is 0 Å². The van der Waals surface area contributed by atoms with Crippen LogP contribution in [0.1, 0.15) is 126 Å². The number of nitrogens with two attached hydrogens (primary N) is 6. The molecule has 18 nitrogen and oxygen atoms in total. The van der Waals surface area contributed by atoms with E-state index in [9.17, 15) is 38.7 Å². The van der Waals surface area contributed by atoms with Crippen LogP contribution in [0, 0.1) is 45.3 Å². The van der Waals surface area contributed by atoms with Gasteiger partial charge in [-0.15, -0.1) is 0 Å². The number of aliphatic carboxylic acids is 1. The molecule has 5 heterocycles. The molecule has 0 aromatic heterocycles. The van der Waals surface area contributed by atoms with Crippen LogP contribution in [0.2, 0.25) is 0 Å². The minimum Gasteiger partial charge on any atom is -0.481 e. The normalized spacial score (nSPS) is 33.0. The molecule has 5 aliphatic rings. The lowest BCUT2D eigenvalue weighted by Crippen LogP contribution is -2.56. The second-order valence-corrected chi connectivity index (χ2v) is 19.9. The van der Waals surface area contributed by atoms with Crippen molar-refractivity contribution >= 4 is 58.5 Å². The molecule has 18 heteroatoms. The maximum Gasteiger partial charge on any atom is 0.303 e. The number of nitrogens with one attached hydrogen (secondary N) is 1. The Morgan fingerprint density at radius 2 is 1.22 bits per heavy atom. The van der Waals surface area contributed by atoms with E-state index in [1.807, 2.05) is 61.5 Å². The van der Waals surface area contributed by atoms with Gasteiger partial charge in [0.1, 0.15) is 0 Å². The molecule has 1 saturated heterocycles. The second-order valence-electron chi connectivity index (χ2n) is 19.9. The monoisotopic (exact) mass is 875 g/mol. The Kier molecular flexibility index (Phi) is 13.1. The minimum atomic E-state index is -1.39. The highest BCUT2D eigenvalue weighted by Gasteiger charge is 2.66. The number of hydrogen-bond donors (Lipinski definition) is 8. The Morgan fingerprint density at radius 1 is 0.683 bits per heavy atom. The van der Waals surface area contributed by atoms with Crippen molar-refractivity contribution in [2.75, 3.05) is 0 Å². The third kappa shape index (κ3) is 8.56.